The molecule has 0 fully saturated rings. The number of alkyl halides is 1. The lowest BCUT2D eigenvalue weighted by Crippen LogP contribution is -1.98. The molecule has 20 heavy (non-hydrogen) atoms. The molecular formula is C15H10Br3ClO. The summed E-state index contributed by atoms with van der Waals surface area (Å²) in [4.78, 5) is 0. The van der Waals surface area contributed by atoms with Gasteiger partial charge in [-0.25, -0.2) is 0 Å². The van der Waals surface area contributed by atoms with Gasteiger partial charge in [-0.1, -0.05) is 53.9 Å². The van der Waals surface area contributed by atoms with Crippen molar-refractivity contribution in [1.29, 1.82) is 0 Å². The molecule has 0 N–H and O–H groups in total. The van der Waals surface area contributed by atoms with Gasteiger partial charge < -0.3 is 4.74 Å². The number of rotatable bonds is 2. The summed E-state index contributed by atoms with van der Waals surface area (Å²) >= 11 is 17.3. The van der Waals surface area contributed by atoms with Crippen molar-refractivity contribution in [2.24, 2.45) is 0 Å². The summed E-state index contributed by atoms with van der Waals surface area (Å²) in [6.45, 7) is 0.726. The Morgan fingerprint density at radius 1 is 1.00 bits per heavy atom. The van der Waals surface area contributed by atoms with Gasteiger partial charge in [0.15, 0.2) is 0 Å². The van der Waals surface area contributed by atoms with Crippen LogP contribution in [0.15, 0.2) is 43.7 Å². The van der Waals surface area contributed by atoms with Gasteiger partial charge in [-0.05, 0) is 35.4 Å². The molecule has 1 heterocycles. The van der Waals surface area contributed by atoms with E-state index in [1.54, 1.807) is 0 Å². The van der Waals surface area contributed by atoms with E-state index in [9.17, 15) is 0 Å². The molecular weight excluding hydrogens is 471 g/mol. The number of hydrogen-bond donors (Lipinski definition) is 0. The summed E-state index contributed by atoms with van der Waals surface area (Å²) < 4.78 is 8.80. The van der Waals surface area contributed by atoms with Crippen molar-refractivity contribution in [3.05, 3.63) is 60.4 Å². The molecule has 5 heteroatoms. The summed E-state index contributed by atoms with van der Waals surface area (Å²) in [5.41, 5.74) is 3.26. The first-order valence-corrected chi connectivity index (χ1v) is 8.92. The van der Waals surface area contributed by atoms with E-state index >= 15 is 0 Å². The molecule has 1 unspecified atom stereocenters. The lowest BCUT2D eigenvalue weighted by molar-refractivity contribution is 0.353. The third-order valence-electron chi connectivity index (χ3n) is 3.29. The molecule has 0 saturated heterocycles. The molecule has 0 amide bonds. The number of ether oxygens (including phenoxy) is 1. The highest BCUT2D eigenvalue weighted by molar-refractivity contribution is 9.11. The highest BCUT2D eigenvalue weighted by Crippen LogP contribution is 2.43. The van der Waals surface area contributed by atoms with E-state index in [4.69, 9.17) is 16.3 Å². The second kappa shape index (κ2) is 5.99. The number of benzene rings is 2. The van der Waals surface area contributed by atoms with Crippen LogP contribution in [0.4, 0.5) is 0 Å². The third-order valence-corrected chi connectivity index (χ3v) is 5.39. The van der Waals surface area contributed by atoms with Gasteiger partial charge in [0.2, 0.25) is 0 Å². The number of fused-ring (bicyclic) bond motifs is 1. The maximum absolute atomic E-state index is 6.70. The molecule has 1 aliphatic heterocycles. The molecule has 0 aromatic heterocycles. The van der Waals surface area contributed by atoms with E-state index < -0.39 is 0 Å². The van der Waals surface area contributed by atoms with Gasteiger partial charge in [0.05, 0.1) is 12.0 Å². The second-order valence-corrected chi connectivity index (χ2v) is 7.73. The minimum absolute atomic E-state index is 0.248. The Bertz CT molecular complexity index is 672. The topological polar surface area (TPSA) is 9.23 Å². The normalized spacial score (nSPS) is 14.8. The lowest BCUT2D eigenvalue weighted by atomic mass is 10.0. The van der Waals surface area contributed by atoms with Crippen molar-refractivity contribution in [2.45, 2.75) is 11.8 Å². The molecule has 0 aliphatic carbocycles. The molecule has 0 saturated carbocycles. The molecule has 1 atom stereocenters. The van der Waals surface area contributed by atoms with Crippen molar-refractivity contribution in [3.63, 3.8) is 0 Å². The van der Waals surface area contributed by atoms with Crippen LogP contribution in [0.1, 0.15) is 22.1 Å². The summed E-state index contributed by atoms with van der Waals surface area (Å²) in [6.07, 6.45) is 0.937. The van der Waals surface area contributed by atoms with Crippen LogP contribution in [0, 0.1) is 0 Å². The average Bonchev–Trinajstić information content (AvgIpc) is 2.85. The fraction of sp³-hybridized carbons (Fsp3) is 0.200. The highest BCUT2D eigenvalue weighted by Gasteiger charge is 2.24. The van der Waals surface area contributed by atoms with Gasteiger partial charge in [-0.3, -0.25) is 0 Å². The van der Waals surface area contributed by atoms with Gasteiger partial charge in [-0.2, -0.15) is 0 Å². The van der Waals surface area contributed by atoms with Crippen molar-refractivity contribution in [1.82, 2.24) is 0 Å². The van der Waals surface area contributed by atoms with Crippen molar-refractivity contribution >= 4 is 59.4 Å². The van der Waals surface area contributed by atoms with E-state index in [1.807, 2.05) is 24.3 Å². The van der Waals surface area contributed by atoms with Crippen LogP contribution >= 0.6 is 59.4 Å². The molecule has 3 rings (SSSR count). The Balaban J connectivity index is 2.09. The largest absolute Gasteiger partial charge is 0.493 e. The maximum atomic E-state index is 6.70. The Labute approximate surface area is 148 Å². The first-order chi connectivity index (χ1) is 9.56. The van der Waals surface area contributed by atoms with Crippen LogP contribution in [-0.2, 0) is 6.42 Å². The van der Waals surface area contributed by atoms with Gasteiger partial charge in [0.1, 0.15) is 5.75 Å². The zero-order valence-corrected chi connectivity index (χ0v) is 15.8. The minimum Gasteiger partial charge on any atom is -0.493 e. The van der Waals surface area contributed by atoms with Crippen molar-refractivity contribution in [2.75, 3.05) is 6.61 Å². The highest BCUT2D eigenvalue weighted by atomic mass is 79.9. The molecule has 2 aromatic rings. The van der Waals surface area contributed by atoms with Crippen LogP contribution in [0.2, 0.25) is 0 Å². The van der Waals surface area contributed by atoms with Crippen LogP contribution in [0.25, 0.3) is 0 Å². The van der Waals surface area contributed by atoms with Crippen molar-refractivity contribution < 1.29 is 4.74 Å². The van der Waals surface area contributed by atoms with Gasteiger partial charge in [-0.15, -0.1) is 11.6 Å². The Morgan fingerprint density at radius 2 is 1.80 bits per heavy atom. The molecule has 104 valence electrons. The molecule has 0 spiro atoms. The second-order valence-electron chi connectivity index (χ2n) is 4.61. The molecule has 0 bridgehead atoms. The maximum Gasteiger partial charge on any atom is 0.127 e. The summed E-state index contributed by atoms with van der Waals surface area (Å²) in [5.74, 6) is 0.933. The molecule has 0 radical (unpaired) electrons. The minimum atomic E-state index is -0.248. The Hall–Kier alpha value is -0.0300. The van der Waals surface area contributed by atoms with E-state index in [-0.39, 0.29) is 5.38 Å². The zero-order chi connectivity index (χ0) is 14.3. The molecule has 2 aromatic carbocycles. The van der Waals surface area contributed by atoms with Gasteiger partial charge >= 0.3 is 0 Å². The Morgan fingerprint density at radius 3 is 2.55 bits per heavy atom. The van der Waals surface area contributed by atoms with Crippen LogP contribution in [0.5, 0.6) is 5.75 Å². The molecule has 1 aliphatic rings. The van der Waals surface area contributed by atoms with E-state index in [2.05, 4.69) is 53.9 Å². The predicted molar refractivity (Wildman–Crippen MR) is 92.9 cm³/mol. The number of halogens is 4. The quantitative estimate of drug-likeness (QED) is 0.462. The summed E-state index contributed by atoms with van der Waals surface area (Å²) in [6, 6.07) is 10.2. The van der Waals surface area contributed by atoms with E-state index in [0.717, 1.165) is 43.3 Å². The SMILES string of the molecule is ClC(c1ccc(Br)cc1Br)c1cc(Br)cc2c1OCC2. The Kier molecular flexibility index (Phi) is 4.46. The third kappa shape index (κ3) is 2.80. The fourth-order valence-corrected chi connectivity index (χ4v) is 4.64. The molecule has 1 nitrogen and oxygen atoms in total. The van der Waals surface area contributed by atoms with E-state index in [1.165, 1.54) is 5.56 Å². The smallest absolute Gasteiger partial charge is 0.127 e. The first kappa shape index (κ1) is 14.9. The summed E-state index contributed by atoms with van der Waals surface area (Å²) in [5, 5.41) is -0.248. The standard InChI is InChI=1S/C15H10Br3ClO/c16-9-1-2-11(13(18)7-9)14(19)12-6-10(17)5-8-3-4-20-15(8)12/h1-2,5-7,14H,3-4H2. The fourth-order valence-electron chi connectivity index (χ4n) is 2.36. The van der Waals surface area contributed by atoms with Crippen LogP contribution in [0.3, 0.4) is 0 Å². The zero-order valence-electron chi connectivity index (χ0n) is 10.3. The monoisotopic (exact) mass is 478 g/mol. The summed E-state index contributed by atoms with van der Waals surface area (Å²) in [7, 11) is 0. The van der Waals surface area contributed by atoms with Crippen LogP contribution < -0.4 is 4.74 Å². The van der Waals surface area contributed by atoms with E-state index in [0.29, 0.717) is 0 Å². The predicted octanol–water partition coefficient (Wildman–Crippen LogP) is 6.24. The number of hydrogen-bond acceptors (Lipinski definition) is 1. The first-order valence-electron chi connectivity index (χ1n) is 6.10. The van der Waals surface area contributed by atoms with Crippen LogP contribution in [-0.4, -0.2) is 6.61 Å². The average molecular weight is 481 g/mol. The lowest BCUT2D eigenvalue weighted by Gasteiger charge is -2.16. The van der Waals surface area contributed by atoms with Crippen molar-refractivity contribution in [3.8, 4) is 5.75 Å². The van der Waals surface area contributed by atoms with Gasteiger partial charge in [0.25, 0.3) is 0 Å². The van der Waals surface area contributed by atoms with Gasteiger partial charge in [0, 0.05) is 25.4 Å².